The SMILES string of the molecule is Cc1ncc(-c2ccc3cnc(CC(=O)c4ccnc(N5CCCC5)c4)nc3c2)n1C. The lowest BCUT2D eigenvalue weighted by Crippen LogP contribution is -2.19. The van der Waals surface area contributed by atoms with Crippen LogP contribution < -0.4 is 4.90 Å². The number of aryl methyl sites for hydroxylation is 1. The minimum absolute atomic E-state index is 0.000566. The van der Waals surface area contributed by atoms with E-state index in [-0.39, 0.29) is 12.2 Å². The normalized spacial score (nSPS) is 13.8. The Labute approximate surface area is 180 Å². The highest BCUT2D eigenvalue weighted by Crippen LogP contribution is 2.24. The molecule has 0 unspecified atom stereocenters. The Bertz CT molecular complexity index is 1270. The van der Waals surface area contributed by atoms with Gasteiger partial charge in [0.05, 0.1) is 23.8 Å². The van der Waals surface area contributed by atoms with E-state index in [1.807, 2.05) is 49.0 Å². The number of Topliss-reactive ketones (excluding diaryl/α,β-unsaturated/α-hetero) is 1. The van der Waals surface area contributed by atoms with Crippen molar-refractivity contribution in [1.82, 2.24) is 24.5 Å². The lowest BCUT2D eigenvalue weighted by molar-refractivity contribution is 0.0991. The number of imidazole rings is 1. The summed E-state index contributed by atoms with van der Waals surface area (Å²) in [6.07, 6.45) is 7.87. The van der Waals surface area contributed by atoms with E-state index in [4.69, 9.17) is 0 Å². The zero-order valence-electron chi connectivity index (χ0n) is 17.7. The highest BCUT2D eigenvalue weighted by atomic mass is 16.1. The summed E-state index contributed by atoms with van der Waals surface area (Å²) in [5.74, 6) is 2.35. The Hall–Kier alpha value is -3.61. The van der Waals surface area contributed by atoms with Crippen molar-refractivity contribution in [2.24, 2.45) is 7.05 Å². The van der Waals surface area contributed by atoms with E-state index in [1.165, 1.54) is 12.8 Å². The second-order valence-electron chi connectivity index (χ2n) is 8.01. The maximum Gasteiger partial charge on any atom is 0.170 e. The summed E-state index contributed by atoms with van der Waals surface area (Å²) in [5.41, 5.74) is 3.54. The number of carbonyl (C=O) groups excluding carboxylic acids is 1. The van der Waals surface area contributed by atoms with Crippen LogP contribution in [0.15, 0.2) is 48.9 Å². The van der Waals surface area contributed by atoms with Gasteiger partial charge in [-0.25, -0.2) is 19.9 Å². The van der Waals surface area contributed by atoms with Gasteiger partial charge in [-0.2, -0.15) is 0 Å². The first kappa shape index (κ1) is 19.4. The van der Waals surface area contributed by atoms with Gasteiger partial charge in [0, 0.05) is 49.0 Å². The van der Waals surface area contributed by atoms with Crippen molar-refractivity contribution in [2.45, 2.75) is 26.2 Å². The molecule has 1 fully saturated rings. The van der Waals surface area contributed by atoms with Crippen LogP contribution in [-0.4, -0.2) is 43.4 Å². The number of anilines is 1. The summed E-state index contributed by atoms with van der Waals surface area (Å²) in [7, 11) is 2.00. The molecule has 0 atom stereocenters. The number of hydrogen-bond acceptors (Lipinski definition) is 6. The molecule has 3 aromatic heterocycles. The van der Waals surface area contributed by atoms with Crippen molar-refractivity contribution < 1.29 is 4.79 Å². The van der Waals surface area contributed by atoms with Crippen molar-refractivity contribution in [2.75, 3.05) is 18.0 Å². The van der Waals surface area contributed by atoms with Crippen LogP contribution in [0.25, 0.3) is 22.2 Å². The second-order valence-corrected chi connectivity index (χ2v) is 8.01. The maximum atomic E-state index is 12.9. The number of ketones is 1. The third kappa shape index (κ3) is 3.79. The van der Waals surface area contributed by atoms with Gasteiger partial charge in [0.2, 0.25) is 0 Å². The lowest BCUT2D eigenvalue weighted by Gasteiger charge is -2.16. The van der Waals surface area contributed by atoms with Crippen molar-refractivity contribution in [3.63, 3.8) is 0 Å². The van der Waals surface area contributed by atoms with Crippen molar-refractivity contribution >= 4 is 22.5 Å². The van der Waals surface area contributed by atoms with Gasteiger partial charge in [0.25, 0.3) is 0 Å². The number of pyridine rings is 1. The first-order chi connectivity index (χ1) is 15.1. The van der Waals surface area contributed by atoms with Crippen LogP contribution >= 0.6 is 0 Å². The molecular weight excluding hydrogens is 388 g/mol. The molecule has 1 aromatic carbocycles. The minimum atomic E-state index is 0.000566. The third-order valence-electron chi connectivity index (χ3n) is 5.97. The van der Waals surface area contributed by atoms with E-state index < -0.39 is 0 Å². The zero-order valence-corrected chi connectivity index (χ0v) is 17.7. The van der Waals surface area contributed by atoms with Crippen LogP contribution in [0.3, 0.4) is 0 Å². The molecule has 0 radical (unpaired) electrons. The van der Waals surface area contributed by atoms with Crippen LogP contribution in [0.5, 0.6) is 0 Å². The summed E-state index contributed by atoms with van der Waals surface area (Å²) in [6.45, 7) is 3.97. The van der Waals surface area contributed by atoms with Gasteiger partial charge in [0.1, 0.15) is 17.5 Å². The first-order valence-corrected chi connectivity index (χ1v) is 10.6. The number of benzene rings is 1. The van der Waals surface area contributed by atoms with Crippen LogP contribution in [0, 0.1) is 6.92 Å². The highest BCUT2D eigenvalue weighted by Gasteiger charge is 2.16. The van der Waals surface area contributed by atoms with Gasteiger partial charge >= 0.3 is 0 Å². The number of nitrogens with zero attached hydrogens (tertiary/aromatic N) is 6. The van der Waals surface area contributed by atoms with Crippen LogP contribution in [0.1, 0.15) is 34.8 Å². The maximum absolute atomic E-state index is 12.9. The summed E-state index contributed by atoms with van der Waals surface area (Å²) < 4.78 is 2.05. The highest BCUT2D eigenvalue weighted by molar-refractivity contribution is 5.98. The van der Waals surface area contributed by atoms with Gasteiger partial charge in [-0.3, -0.25) is 4.79 Å². The van der Waals surface area contributed by atoms with Crippen LogP contribution in [0.2, 0.25) is 0 Å². The van der Waals surface area contributed by atoms with Gasteiger partial charge in [-0.15, -0.1) is 0 Å². The fraction of sp³-hybridized carbons (Fsp3) is 0.292. The number of aromatic nitrogens is 5. The number of rotatable bonds is 5. The molecule has 0 aliphatic carbocycles. The predicted octanol–water partition coefficient (Wildman–Crippen LogP) is 3.76. The lowest BCUT2D eigenvalue weighted by atomic mass is 10.1. The standard InChI is InChI=1S/C24H24N6O/c1-16-26-15-21(29(16)2)17-5-6-19-14-27-23(28-20(19)11-17)13-22(31)18-7-8-25-24(12-18)30-9-3-4-10-30/h5-8,11-12,14-15H,3-4,9-10,13H2,1-2H3. The van der Waals surface area contributed by atoms with Crippen molar-refractivity contribution in [3.05, 3.63) is 66.1 Å². The zero-order chi connectivity index (χ0) is 21.4. The molecule has 0 N–H and O–H groups in total. The van der Waals surface area contributed by atoms with Gasteiger partial charge in [-0.1, -0.05) is 12.1 Å². The average Bonchev–Trinajstić information content (AvgIpc) is 3.44. The Balaban J connectivity index is 1.40. The van der Waals surface area contributed by atoms with Gasteiger partial charge in [0.15, 0.2) is 5.78 Å². The van der Waals surface area contributed by atoms with E-state index in [0.717, 1.165) is 46.9 Å². The molecule has 156 valence electrons. The van der Waals surface area contributed by atoms with E-state index in [9.17, 15) is 4.79 Å². The average molecular weight is 412 g/mol. The minimum Gasteiger partial charge on any atom is -0.357 e. The molecular formula is C24H24N6O. The summed E-state index contributed by atoms with van der Waals surface area (Å²) in [5, 5.41) is 0.944. The smallest absolute Gasteiger partial charge is 0.170 e. The van der Waals surface area contributed by atoms with E-state index >= 15 is 0 Å². The Morgan fingerprint density at radius 3 is 2.65 bits per heavy atom. The molecule has 1 saturated heterocycles. The molecule has 4 aromatic rings. The Kier molecular flexibility index (Phi) is 4.94. The molecule has 7 heteroatoms. The van der Waals surface area contributed by atoms with Gasteiger partial charge < -0.3 is 9.47 Å². The molecule has 7 nitrogen and oxygen atoms in total. The molecule has 0 amide bonds. The monoisotopic (exact) mass is 412 g/mol. The van der Waals surface area contributed by atoms with E-state index in [2.05, 4.69) is 24.8 Å². The predicted molar refractivity (Wildman–Crippen MR) is 120 cm³/mol. The number of carbonyl (C=O) groups is 1. The topological polar surface area (TPSA) is 76.8 Å². The van der Waals surface area contributed by atoms with Crippen LogP contribution in [-0.2, 0) is 13.5 Å². The molecule has 1 aliphatic heterocycles. The molecule has 0 spiro atoms. The Morgan fingerprint density at radius 1 is 1.03 bits per heavy atom. The number of fused-ring (bicyclic) bond motifs is 1. The Morgan fingerprint density at radius 2 is 1.87 bits per heavy atom. The molecule has 0 bridgehead atoms. The third-order valence-corrected chi connectivity index (χ3v) is 5.97. The van der Waals surface area contributed by atoms with Crippen molar-refractivity contribution in [1.29, 1.82) is 0 Å². The first-order valence-electron chi connectivity index (χ1n) is 10.6. The molecule has 5 rings (SSSR count). The molecule has 31 heavy (non-hydrogen) atoms. The van der Waals surface area contributed by atoms with E-state index in [0.29, 0.717) is 11.4 Å². The molecule has 1 aliphatic rings. The number of hydrogen-bond donors (Lipinski definition) is 0. The quantitative estimate of drug-likeness (QED) is 0.465. The molecule has 4 heterocycles. The summed E-state index contributed by atoms with van der Waals surface area (Å²) in [4.78, 5) is 33.0. The summed E-state index contributed by atoms with van der Waals surface area (Å²) in [6, 6.07) is 9.73. The largest absolute Gasteiger partial charge is 0.357 e. The van der Waals surface area contributed by atoms with Crippen molar-refractivity contribution in [3.8, 4) is 11.3 Å². The second kappa shape index (κ2) is 7.91. The fourth-order valence-electron chi connectivity index (χ4n) is 4.03. The van der Waals surface area contributed by atoms with E-state index in [1.54, 1.807) is 18.5 Å². The van der Waals surface area contributed by atoms with Crippen LogP contribution in [0.4, 0.5) is 5.82 Å². The summed E-state index contributed by atoms with van der Waals surface area (Å²) >= 11 is 0. The molecule has 0 saturated carbocycles. The van der Waals surface area contributed by atoms with Gasteiger partial charge in [-0.05, 0) is 38.0 Å². The fourth-order valence-corrected chi connectivity index (χ4v) is 4.03.